The first-order valence-corrected chi connectivity index (χ1v) is 8.61. The molecular weight excluding hydrogens is 411 g/mol. The maximum absolute atomic E-state index is 11.5. The first-order valence-electron chi connectivity index (χ1n) is 7.07. The van der Waals surface area contributed by atoms with Crippen LogP contribution in [0.1, 0.15) is 13.8 Å². The number of hydrogen-bond donors (Lipinski definition) is 4. The second-order valence-electron chi connectivity index (χ2n) is 4.70. The third kappa shape index (κ3) is 8.44. The Balaban J connectivity index is 2.67. The highest BCUT2D eigenvalue weighted by Gasteiger charge is 2.35. The molecule has 25 heavy (non-hydrogen) atoms. The van der Waals surface area contributed by atoms with Gasteiger partial charge in [-0.1, -0.05) is 34.8 Å². The van der Waals surface area contributed by atoms with Crippen LogP contribution in [0.25, 0.3) is 0 Å². The van der Waals surface area contributed by atoms with Crippen molar-refractivity contribution < 1.29 is 14.3 Å². The lowest BCUT2D eigenvalue weighted by atomic mass is 10.3. The number of carbonyl (C=O) groups is 2. The topological polar surface area (TPSA) is 91.5 Å². The minimum absolute atomic E-state index is 0.111. The molecule has 1 aromatic rings. The zero-order valence-electron chi connectivity index (χ0n) is 13.4. The number of ether oxygens (including phenoxy) is 1. The van der Waals surface area contributed by atoms with Gasteiger partial charge in [0.15, 0.2) is 11.3 Å². The molecule has 0 heterocycles. The van der Waals surface area contributed by atoms with Crippen LogP contribution >= 0.6 is 47.0 Å². The van der Waals surface area contributed by atoms with E-state index in [4.69, 9.17) is 51.8 Å². The zero-order valence-corrected chi connectivity index (χ0v) is 16.4. The van der Waals surface area contributed by atoms with Gasteiger partial charge in [0, 0.05) is 18.3 Å². The van der Waals surface area contributed by atoms with Crippen molar-refractivity contribution >= 4 is 75.5 Å². The first kappa shape index (κ1) is 21.6. The third-order valence-electron chi connectivity index (χ3n) is 2.60. The minimum Gasteiger partial charge on any atom is -0.450 e. The molecule has 0 aliphatic heterocycles. The molecule has 1 atom stereocenters. The van der Waals surface area contributed by atoms with Crippen molar-refractivity contribution in [1.29, 1.82) is 0 Å². The van der Waals surface area contributed by atoms with Gasteiger partial charge in [0.25, 0.3) is 0 Å². The Morgan fingerprint density at radius 2 is 1.64 bits per heavy atom. The van der Waals surface area contributed by atoms with Gasteiger partial charge in [0.1, 0.15) is 0 Å². The Morgan fingerprint density at radius 1 is 1.12 bits per heavy atom. The van der Waals surface area contributed by atoms with Gasteiger partial charge in [-0.25, -0.2) is 4.79 Å². The highest BCUT2D eigenvalue weighted by atomic mass is 35.6. The molecule has 0 radical (unpaired) electrons. The van der Waals surface area contributed by atoms with E-state index in [2.05, 4.69) is 21.3 Å². The number of alkyl halides is 3. The average molecular weight is 428 g/mol. The smallest absolute Gasteiger partial charge is 0.408 e. The van der Waals surface area contributed by atoms with Crippen molar-refractivity contribution in [3.8, 4) is 0 Å². The van der Waals surface area contributed by atoms with Gasteiger partial charge in [-0.15, -0.1) is 0 Å². The number of amides is 2. The maximum atomic E-state index is 11.5. The Labute approximate surface area is 165 Å². The summed E-state index contributed by atoms with van der Waals surface area (Å²) in [5, 5.41) is 10.7. The zero-order chi connectivity index (χ0) is 19.0. The predicted octanol–water partition coefficient (Wildman–Crippen LogP) is 3.37. The number of hydrogen-bond acceptors (Lipinski definition) is 4. The van der Waals surface area contributed by atoms with Gasteiger partial charge in [-0.2, -0.15) is 0 Å². The van der Waals surface area contributed by atoms with Crippen molar-refractivity contribution in [3.05, 3.63) is 24.3 Å². The fourth-order valence-electron chi connectivity index (χ4n) is 1.63. The molecule has 0 saturated heterocycles. The van der Waals surface area contributed by atoms with Crippen LogP contribution in [0.4, 0.5) is 16.2 Å². The lowest BCUT2D eigenvalue weighted by Crippen LogP contribution is -2.56. The number of alkyl carbamates (subject to hydrolysis) is 1. The molecule has 1 rings (SSSR count). The Hall–Kier alpha value is -1.48. The molecular formula is C14H17Cl3N4O3S. The van der Waals surface area contributed by atoms with Gasteiger partial charge in [0.2, 0.25) is 9.70 Å². The van der Waals surface area contributed by atoms with E-state index in [9.17, 15) is 9.59 Å². The predicted molar refractivity (Wildman–Crippen MR) is 104 cm³/mol. The van der Waals surface area contributed by atoms with Crippen molar-refractivity contribution in [1.82, 2.24) is 10.6 Å². The van der Waals surface area contributed by atoms with E-state index >= 15 is 0 Å². The van der Waals surface area contributed by atoms with Crippen LogP contribution in [0.15, 0.2) is 24.3 Å². The summed E-state index contributed by atoms with van der Waals surface area (Å²) in [7, 11) is 0. The summed E-state index contributed by atoms with van der Waals surface area (Å²) in [6.07, 6.45) is -1.87. The van der Waals surface area contributed by atoms with Crippen molar-refractivity contribution in [2.24, 2.45) is 0 Å². The fourth-order valence-corrected chi connectivity index (χ4v) is 2.19. The van der Waals surface area contributed by atoms with E-state index < -0.39 is 16.1 Å². The second-order valence-corrected chi connectivity index (χ2v) is 7.47. The highest BCUT2D eigenvalue weighted by Crippen LogP contribution is 2.29. The van der Waals surface area contributed by atoms with E-state index in [1.807, 2.05) is 0 Å². The molecule has 1 aromatic carbocycles. The summed E-state index contributed by atoms with van der Waals surface area (Å²) in [5.41, 5.74) is 1.27. The SMILES string of the molecule is CCOC(=O)N[C@@H](NC(=S)Nc1ccc(NC(C)=O)cc1)C(Cl)(Cl)Cl. The summed E-state index contributed by atoms with van der Waals surface area (Å²) >= 11 is 22.6. The van der Waals surface area contributed by atoms with Gasteiger partial charge in [-0.05, 0) is 43.4 Å². The Kier molecular flexibility index (Phi) is 8.51. The molecule has 0 saturated carbocycles. The molecule has 0 spiro atoms. The normalized spacial score (nSPS) is 11.9. The molecule has 0 bridgehead atoms. The summed E-state index contributed by atoms with van der Waals surface area (Å²) in [5.74, 6) is -0.173. The maximum Gasteiger partial charge on any atom is 0.408 e. The van der Waals surface area contributed by atoms with Gasteiger partial charge in [0.05, 0.1) is 6.61 Å². The standard InChI is InChI=1S/C14H17Cl3N4O3S/c1-3-24-13(23)21-11(14(15,16)17)20-12(25)19-10-6-4-9(5-7-10)18-8(2)22/h4-7,11H,3H2,1-2H3,(H,18,22)(H,21,23)(H2,19,20,25)/t11-/m1/s1. The first-order chi connectivity index (χ1) is 11.6. The fraction of sp³-hybridized carbons (Fsp3) is 0.357. The van der Waals surface area contributed by atoms with E-state index in [0.29, 0.717) is 11.4 Å². The molecule has 0 aliphatic carbocycles. The summed E-state index contributed by atoms with van der Waals surface area (Å²) < 4.78 is 2.88. The minimum atomic E-state index is -1.87. The number of nitrogens with one attached hydrogen (secondary N) is 4. The monoisotopic (exact) mass is 426 g/mol. The van der Waals surface area contributed by atoms with Crippen LogP contribution < -0.4 is 21.3 Å². The quantitative estimate of drug-likeness (QED) is 0.327. The lowest BCUT2D eigenvalue weighted by Gasteiger charge is -2.27. The molecule has 138 valence electrons. The number of rotatable bonds is 5. The lowest BCUT2D eigenvalue weighted by molar-refractivity contribution is -0.114. The third-order valence-corrected chi connectivity index (χ3v) is 3.48. The summed E-state index contributed by atoms with van der Waals surface area (Å²) in [6, 6.07) is 6.77. The van der Waals surface area contributed by atoms with Crippen LogP contribution in [0, 0.1) is 0 Å². The number of benzene rings is 1. The number of thiocarbonyl (C=S) groups is 1. The molecule has 0 unspecified atom stereocenters. The molecule has 4 N–H and O–H groups in total. The average Bonchev–Trinajstić information content (AvgIpc) is 2.47. The summed E-state index contributed by atoms with van der Waals surface area (Å²) in [6.45, 7) is 3.23. The van der Waals surface area contributed by atoms with Gasteiger partial charge in [-0.3, -0.25) is 10.1 Å². The largest absolute Gasteiger partial charge is 0.450 e. The van der Waals surface area contributed by atoms with Crippen LogP contribution in [-0.2, 0) is 9.53 Å². The van der Waals surface area contributed by atoms with Crippen LogP contribution in [0.5, 0.6) is 0 Å². The highest BCUT2D eigenvalue weighted by molar-refractivity contribution is 7.80. The van der Waals surface area contributed by atoms with Gasteiger partial charge < -0.3 is 20.7 Å². The Morgan fingerprint density at radius 3 is 2.08 bits per heavy atom. The molecule has 7 nitrogen and oxygen atoms in total. The molecule has 0 aromatic heterocycles. The van der Waals surface area contributed by atoms with Gasteiger partial charge >= 0.3 is 6.09 Å². The van der Waals surface area contributed by atoms with E-state index in [1.54, 1.807) is 31.2 Å². The van der Waals surface area contributed by atoms with Crippen LogP contribution in [-0.4, -0.2) is 33.7 Å². The summed E-state index contributed by atoms with van der Waals surface area (Å²) in [4.78, 5) is 22.5. The molecule has 0 fully saturated rings. The van der Waals surface area contributed by atoms with Crippen molar-refractivity contribution in [3.63, 3.8) is 0 Å². The number of halogens is 3. The molecule has 2 amide bonds. The van der Waals surface area contributed by atoms with Crippen LogP contribution in [0.3, 0.4) is 0 Å². The van der Waals surface area contributed by atoms with E-state index in [1.165, 1.54) is 6.92 Å². The van der Waals surface area contributed by atoms with Crippen molar-refractivity contribution in [2.45, 2.75) is 23.8 Å². The number of carbonyl (C=O) groups excluding carboxylic acids is 2. The van der Waals surface area contributed by atoms with E-state index in [-0.39, 0.29) is 17.6 Å². The molecule has 0 aliphatic rings. The molecule has 11 heteroatoms. The second kappa shape index (κ2) is 9.86. The Bertz CT molecular complexity index is 623. The number of anilines is 2. The van der Waals surface area contributed by atoms with Crippen molar-refractivity contribution in [2.75, 3.05) is 17.2 Å². The van der Waals surface area contributed by atoms with Crippen LogP contribution in [0.2, 0.25) is 0 Å². The van der Waals surface area contributed by atoms with E-state index in [0.717, 1.165) is 0 Å².